The molecular weight excluding hydrogens is 224 g/mol. The highest BCUT2D eigenvalue weighted by atomic mass is 16.5. The molecule has 2 rings (SSSR count). The molecule has 3 heteroatoms. The number of para-hydroxylation sites is 1. The Morgan fingerprint density at radius 2 is 2.22 bits per heavy atom. The minimum absolute atomic E-state index is 0.0870. The quantitative estimate of drug-likeness (QED) is 0.890. The highest BCUT2D eigenvalue weighted by Gasteiger charge is 2.22. The van der Waals surface area contributed by atoms with Crippen LogP contribution in [-0.4, -0.2) is 26.8 Å². The lowest BCUT2D eigenvalue weighted by atomic mass is 9.96. The topological polar surface area (TPSA) is 38.5 Å². The first-order valence-electron chi connectivity index (χ1n) is 6.80. The number of hydrogen-bond acceptors (Lipinski definition) is 3. The third-order valence-electron chi connectivity index (χ3n) is 3.69. The molecule has 1 saturated heterocycles. The average molecular weight is 248 g/mol. The minimum atomic E-state index is 0.0870. The molecule has 1 heterocycles. The third kappa shape index (κ3) is 3.03. The number of methoxy groups -OCH3 is 1. The Morgan fingerprint density at radius 3 is 2.94 bits per heavy atom. The molecule has 0 aromatic heterocycles. The summed E-state index contributed by atoms with van der Waals surface area (Å²) in [6, 6.07) is 8.58. The van der Waals surface area contributed by atoms with Gasteiger partial charge in [-0.2, -0.15) is 0 Å². The molecule has 0 spiro atoms. The molecule has 0 radical (unpaired) electrons. The zero-order valence-electron chi connectivity index (χ0n) is 11.4. The molecule has 100 valence electrons. The first kappa shape index (κ1) is 13.4. The molecule has 1 aliphatic rings. The standard InChI is InChI=1S/C15H24N2O/c1-12(16)14-7-3-4-8-15(14)17-9-5-6-13(10-17)11-18-2/h3-4,7-8,12-13H,5-6,9-11,16H2,1-2H3/t12-,13?/m1/s1. The largest absolute Gasteiger partial charge is 0.384 e. The molecule has 1 fully saturated rings. The fourth-order valence-electron chi connectivity index (χ4n) is 2.82. The number of nitrogens with zero attached hydrogens (tertiary/aromatic N) is 1. The van der Waals surface area contributed by atoms with Crippen LogP contribution < -0.4 is 10.6 Å². The maximum absolute atomic E-state index is 6.06. The van der Waals surface area contributed by atoms with Crippen molar-refractivity contribution >= 4 is 5.69 Å². The Labute approximate surface area is 110 Å². The lowest BCUT2D eigenvalue weighted by molar-refractivity contribution is 0.143. The third-order valence-corrected chi connectivity index (χ3v) is 3.69. The molecule has 1 aliphatic heterocycles. The van der Waals surface area contributed by atoms with Crippen molar-refractivity contribution in [1.82, 2.24) is 0 Å². The van der Waals surface area contributed by atoms with E-state index in [1.54, 1.807) is 7.11 Å². The highest BCUT2D eigenvalue weighted by Crippen LogP contribution is 2.29. The van der Waals surface area contributed by atoms with E-state index in [9.17, 15) is 0 Å². The summed E-state index contributed by atoms with van der Waals surface area (Å²) in [5.74, 6) is 0.643. The maximum atomic E-state index is 6.06. The van der Waals surface area contributed by atoms with Crippen LogP contribution in [0.4, 0.5) is 5.69 Å². The Kier molecular flexibility index (Phi) is 4.61. The number of nitrogens with two attached hydrogens (primary N) is 1. The summed E-state index contributed by atoms with van der Waals surface area (Å²) < 4.78 is 5.29. The number of benzene rings is 1. The predicted octanol–water partition coefficient (Wildman–Crippen LogP) is 2.57. The van der Waals surface area contributed by atoms with E-state index in [1.165, 1.54) is 24.1 Å². The SMILES string of the molecule is COCC1CCCN(c2ccccc2[C@@H](C)N)C1. The number of piperidine rings is 1. The van der Waals surface area contributed by atoms with E-state index in [1.807, 2.05) is 0 Å². The van der Waals surface area contributed by atoms with Crippen LogP contribution in [0.3, 0.4) is 0 Å². The molecular formula is C15H24N2O. The summed E-state index contributed by atoms with van der Waals surface area (Å²) >= 11 is 0. The normalized spacial score (nSPS) is 21.9. The smallest absolute Gasteiger partial charge is 0.0507 e. The van der Waals surface area contributed by atoms with E-state index >= 15 is 0 Å². The van der Waals surface area contributed by atoms with Crippen LogP contribution in [0.15, 0.2) is 24.3 Å². The van der Waals surface area contributed by atoms with Gasteiger partial charge in [-0.1, -0.05) is 18.2 Å². The van der Waals surface area contributed by atoms with Gasteiger partial charge in [0.2, 0.25) is 0 Å². The van der Waals surface area contributed by atoms with E-state index in [2.05, 4.69) is 36.1 Å². The first-order chi connectivity index (χ1) is 8.72. The molecule has 1 aromatic rings. The van der Waals surface area contributed by atoms with Crippen LogP contribution in [0.5, 0.6) is 0 Å². The lowest BCUT2D eigenvalue weighted by Crippen LogP contribution is -2.37. The van der Waals surface area contributed by atoms with Crippen LogP contribution >= 0.6 is 0 Å². The maximum Gasteiger partial charge on any atom is 0.0507 e. The van der Waals surface area contributed by atoms with Crippen LogP contribution in [-0.2, 0) is 4.74 Å². The van der Waals surface area contributed by atoms with Gasteiger partial charge in [0.25, 0.3) is 0 Å². The van der Waals surface area contributed by atoms with Gasteiger partial charge in [0.1, 0.15) is 0 Å². The van der Waals surface area contributed by atoms with E-state index in [-0.39, 0.29) is 6.04 Å². The van der Waals surface area contributed by atoms with Gasteiger partial charge in [-0.25, -0.2) is 0 Å². The van der Waals surface area contributed by atoms with E-state index in [0.717, 1.165) is 19.7 Å². The zero-order valence-corrected chi connectivity index (χ0v) is 11.4. The molecule has 0 amide bonds. The van der Waals surface area contributed by atoms with Crippen molar-refractivity contribution in [2.24, 2.45) is 11.7 Å². The molecule has 18 heavy (non-hydrogen) atoms. The van der Waals surface area contributed by atoms with Crippen molar-refractivity contribution in [3.8, 4) is 0 Å². The number of ether oxygens (including phenoxy) is 1. The molecule has 2 atom stereocenters. The van der Waals surface area contributed by atoms with Crippen molar-refractivity contribution in [2.45, 2.75) is 25.8 Å². The van der Waals surface area contributed by atoms with Crippen LogP contribution in [0, 0.1) is 5.92 Å². The summed E-state index contributed by atoms with van der Waals surface area (Å²) in [5, 5.41) is 0. The molecule has 0 aliphatic carbocycles. The number of rotatable bonds is 4. The highest BCUT2D eigenvalue weighted by molar-refractivity contribution is 5.55. The zero-order chi connectivity index (χ0) is 13.0. The Hall–Kier alpha value is -1.06. The van der Waals surface area contributed by atoms with Gasteiger partial charge in [-0.15, -0.1) is 0 Å². The van der Waals surface area contributed by atoms with Gasteiger partial charge in [-0.05, 0) is 37.3 Å². The van der Waals surface area contributed by atoms with E-state index in [0.29, 0.717) is 5.92 Å². The van der Waals surface area contributed by atoms with Crippen molar-refractivity contribution in [2.75, 3.05) is 31.7 Å². The Morgan fingerprint density at radius 1 is 1.44 bits per heavy atom. The monoisotopic (exact) mass is 248 g/mol. The second-order valence-corrected chi connectivity index (χ2v) is 5.26. The molecule has 0 saturated carbocycles. The van der Waals surface area contributed by atoms with Gasteiger partial charge < -0.3 is 15.4 Å². The summed E-state index contributed by atoms with van der Waals surface area (Å²) in [7, 11) is 1.79. The average Bonchev–Trinajstić information content (AvgIpc) is 2.39. The molecule has 2 N–H and O–H groups in total. The number of anilines is 1. The van der Waals surface area contributed by atoms with Crippen LogP contribution in [0.2, 0.25) is 0 Å². The number of hydrogen-bond donors (Lipinski definition) is 1. The van der Waals surface area contributed by atoms with Crippen molar-refractivity contribution in [3.05, 3.63) is 29.8 Å². The van der Waals surface area contributed by atoms with Gasteiger partial charge in [-0.3, -0.25) is 0 Å². The van der Waals surface area contributed by atoms with Crippen molar-refractivity contribution < 1.29 is 4.74 Å². The molecule has 1 aromatic carbocycles. The minimum Gasteiger partial charge on any atom is -0.384 e. The second-order valence-electron chi connectivity index (χ2n) is 5.26. The van der Waals surface area contributed by atoms with Crippen molar-refractivity contribution in [3.63, 3.8) is 0 Å². The first-order valence-corrected chi connectivity index (χ1v) is 6.80. The fourth-order valence-corrected chi connectivity index (χ4v) is 2.82. The Balaban J connectivity index is 2.15. The predicted molar refractivity (Wildman–Crippen MR) is 75.9 cm³/mol. The summed E-state index contributed by atoms with van der Waals surface area (Å²) in [4.78, 5) is 2.46. The van der Waals surface area contributed by atoms with Gasteiger partial charge in [0.15, 0.2) is 0 Å². The summed E-state index contributed by atoms with van der Waals surface area (Å²) in [6.45, 7) is 5.12. The van der Waals surface area contributed by atoms with E-state index in [4.69, 9.17) is 10.5 Å². The summed E-state index contributed by atoms with van der Waals surface area (Å²) in [6.07, 6.45) is 2.51. The molecule has 0 bridgehead atoms. The fraction of sp³-hybridized carbons (Fsp3) is 0.600. The Bertz CT molecular complexity index is 377. The van der Waals surface area contributed by atoms with Gasteiger partial charge in [0, 0.05) is 31.9 Å². The van der Waals surface area contributed by atoms with Crippen LogP contribution in [0.25, 0.3) is 0 Å². The van der Waals surface area contributed by atoms with E-state index < -0.39 is 0 Å². The van der Waals surface area contributed by atoms with Crippen LogP contribution in [0.1, 0.15) is 31.4 Å². The summed E-state index contributed by atoms with van der Waals surface area (Å²) in [5.41, 5.74) is 8.61. The lowest BCUT2D eigenvalue weighted by Gasteiger charge is -2.35. The molecule has 3 nitrogen and oxygen atoms in total. The van der Waals surface area contributed by atoms with Gasteiger partial charge in [0.05, 0.1) is 6.61 Å². The second kappa shape index (κ2) is 6.21. The molecule has 1 unspecified atom stereocenters. The van der Waals surface area contributed by atoms with Gasteiger partial charge >= 0.3 is 0 Å². The van der Waals surface area contributed by atoms with Crippen molar-refractivity contribution in [1.29, 1.82) is 0 Å².